The molecule has 110 valence electrons. The Balaban J connectivity index is 2.03. The summed E-state index contributed by atoms with van der Waals surface area (Å²) in [6.45, 7) is 4.62. The molecule has 0 aliphatic carbocycles. The molecular formula is C13H16N6O2. The second-order valence-corrected chi connectivity index (χ2v) is 4.91. The van der Waals surface area contributed by atoms with Gasteiger partial charge in [0, 0.05) is 19.3 Å². The van der Waals surface area contributed by atoms with Crippen molar-refractivity contribution in [2.45, 2.75) is 26.3 Å². The first kappa shape index (κ1) is 13.5. The highest BCUT2D eigenvalue weighted by molar-refractivity contribution is 5.98. The Bertz CT molecular complexity index is 710. The molecule has 2 aromatic rings. The van der Waals surface area contributed by atoms with Gasteiger partial charge >= 0.3 is 0 Å². The van der Waals surface area contributed by atoms with Gasteiger partial charge < -0.3 is 10.2 Å². The molecule has 0 spiro atoms. The minimum atomic E-state index is -0.484. The van der Waals surface area contributed by atoms with Crippen LogP contribution in [-0.2, 0) is 11.2 Å². The number of piperazine rings is 1. The van der Waals surface area contributed by atoms with Crippen LogP contribution in [0.25, 0.3) is 5.78 Å². The van der Waals surface area contributed by atoms with Crippen LogP contribution in [0.5, 0.6) is 0 Å². The quantitative estimate of drug-likeness (QED) is 0.815. The first-order chi connectivity index (χ1) is 10.1. The van der Waals surface area contributed by atoms with Gasteiger partial charge in [0.05, 0.1) is 11.3 Å². The molecule has 1 aliphatic rings. The molecular weight excluding hydrogens is 272 g/mol. The van der Waals surface area contributed by atoms with Gasteiger partial charge in [0.25, 0.3) is 11.7 Å². The summed E-state index contributed by atoms with van der Waals surface area (Å²) in [5.41, 5.74) is 1.22. The van der Waals surface area contributed by atoms with Crippen molar-refractivity contribution in [3.8, 4) is 0 Å². The van der Waals surface area contributed by atoms with Crippen molar-refractivity contribution in [1.82, 2.24) is 29.8 Å². The molecule has 0 bridgehead atoms. The Morgan fingerprint density at radius 3 is 3.05 bits per heavy atom. The van der Waals surface area contributed by atoms with Gasteiger partial charge in [-0.1, -0.05) is 6.92 Å². The van der Waals surface area contributed by atoms with E-state index in [9.17, 15) is 9.59 Å². The van der Waals surface area contributed by atoms with Crippen LogP contribution >= 0.6 is 0 Å². The number of hydrogen-bond donors (Lipinski definition) is 1. The summed E-state index contributed by atoms with van der Waals surface area (Å²) in [4.78, 5) is 34.2. The maximum absolute atomic E-state index is 12.7. The third kappa shape index (κ3) is 2.12. The lowest BCUT2D eigenvalue weighted by Gasteiger charge is -2.33. The van der Waals surface area contributed by atoms with Gasteiger partial charge in [0.15, 0.2) is 0 Å². The Labute approximate surface area is 121 Å². The van der Waals surface area contributed by atoms with E-state index in [0.29, 0.717) is 30.9 Å². The zero-order chi connectivity index (χ0) is 15.0. The molecule has 21 heavy (non-hydrogen) atoms. The number of fused-ring (bicyclic) bond motifs is 1. The van der Waals surface area contributed by atoms with E-state index in [-0.39, 0.29) is 11.8 Å². The number of rotatable bonds is 2. The number of carbonyl (C=O) groups is 2. The van der Waals surface area contributed by atoms with Gasteiger partial charge in [-0.25, -0.2) is 9.50 Å². The molecule has 0 aromatic carbocycles. The van der Waals surface area contributed by atoms with Crippen molar-refractivity contribution in [3.63, 3.8) is 0 Å². The summed E-state index contributed by atoms with van der Waals surface area (Å²) in [5, 5.41) is 6.85. The van der Waals surface area contributed by atoms with E-state index < -0.39 is 6.04 Å². The molecule has 0 saturated carbocycles. The maximum atomic E-state index is 12.7. The largest absolute Gasteiger partial charge is 0.353 e. The Morgan fingerprint density at radius 1 is 1.48 bits per heavy atom. The van der Waals surface area contributed by atoms with Crippen LogP contribution in [0.15, 0.2) is 12.5 Å². The Kier molecular flexibility index (Phi) is 3.28. The van der Waals surface area contributed by atoms with Gasteiger partial charge in [0.1, 0.15) is 12.4 Å². The van der Waals surface area contributed by atoms with Gasteiger partial charge in [0.2, 0.25) is 5.91 Å². The van der Waals surface area contributed by atoms with Crippen LogP contribution in [0.2, 0.25) is 0 Å². The summed E-state index contributed by atoms with van der Waals surface area (Å²) in [5.74, 6) is 0.134. The first-order valence-corrected chi connectivity index (χ1v) is 6.89. The van der Waals surface area contributed by atoms with Crippen molar-refractivity contribution in [1.29, 1.82) is 0 Å². The molecule has 1 fully saturated rings. The fourth-order valence-corrected chi connectivity index (χ4v) is 2.56. The highest BCUT2D eigenvalue weighted by Gasteiger charge is 2.31. The first-order valence-electron chi connectivity index (χ1n) is 6.89. The zero-order valence-electron chi connectivity index (χ0n) is 11.9. The molecule has 3 rings (SSSR count). The van der Waals surface area contributed by atoms with Crippen LogP contribution in [0.3, 0.4) is 0 Å². The van der Waals surface area contributed by atoms with Crippen LogP contribution in [0, 0.1) is 0 Å². The van der Waals surface area contributed by atoms with E-state index in [1.807, 2.05) is 6.92 Å². The zero-order valence-corrected chi connectivity index (χ0v) is 11.9. The van der Waals surface area contributed by atoms with Gasteiger partial charge in [-0.2, -0.15) is 10.1 Å². The number of aromatic nitrogens is 4. The highest BCUT2D eigenvalue weighted by atomic mass is 16.2. The number of aryl methyl sites for hydroxylation is 1. The molecule has 0 radical (unpaired) electrons. The topological polar surface area (TPSA) is 92.5 Å². The van der Waals surface area contributed by atoms with Crippen LogP contribution in [-0.4, -0.2) is 55.4 Å². The molecule has 2 aromatic heterocycles. The third-order valence-corrected chi connectivity index (χ3v) is 3.73. The standard InChI is InChI=1S/C13H16N6O2/c1-3-10-9(6-15-13-16-7-17-19(10)13)12(21)18-5-4-14-11(20)8(18)2/h6-8H,3-5H2,1-2H3,(H,14,20). The summed E-state index contributed by atoms with van der Waals surface area (Å²) < 4.78 is 1.57. The van der Waals surface area contributed by atoms with Crippen LogP contribution in [0.4, 0.5) is 0 Å². The maximum Gasteiger partial charge on any atom is 0.258 e. The molecule has 1 aliphatic heterocycles. The van der Waals surface area contributed by atoms with Crippen molar-refractivity contribution in [2.24, 2.45) is 0 Å². The van der Waals surface area contributed by atoms with Crippen molar-refractivity contribution in [2.75, 3.05) is 13.1 Å². The minimum Gasteiger partial charge on any atom is -0.353 e. The number of amides is 2. The summed E-state index contributed by atoms with van der Waals surface area (Å²) in [7, 11) is 0. The Hall–Kier alpha value is -2.51. The predicted octanol–water partition coefficient (Wildman–Crippen LogP) is -0.353. The van der Waals surface area contributed by atoms with E-state index in [0.717, 1.165) is 5.69 Å². The van der Waals surface area contributed by atoms with Gasteiger partial charge in [-0.3, -0.25) is 9.59 Å². The van der Waals surface area contributed by atoms with Crippen molar-refractivity contribution >= 4 is 17.6 Å². The van der Waals surface area contributed by atoms with E-state index in [1.165, 1.54) is 12.5 Å². The normalized spacial score (nSPS) is 18.9. The van der Waals surface area contributed by atoms with Crippen molar-refractivity contribution < 1.29 is 9.59 Å². The SMILES string of the molecule is CCc1c(C(=O)N2CCNC(=O)C2C)cnc2ncnn12. The highest BCUT2D eigenvalue weighted by Crippen LogP contribution is 2.15. The number of nitrogens with zero attached hydrogens (tertiary/aromatic N) is 5. The molecule has 1 unspecified atom stereocenters. The smallest absolute Gasteiger partial charge is 0.258 e. The van der Waals surface area contributed by atoms with Crippen LogP contribution in [0.1, 0.15) is 29.9 Å². The minimum absolute atomic E-state index is 0.137. The van der Waals surface area contributed by atoms with E-state index >= 15 is 0 Å². The lowest BCUT2D eigenvalue weighted by Crippen LogP contribution is -2.56. The number of nitrogens with one attached hydrogen (secondary N) is 1. The lowest BCUT2D eigenvalue weighted by molar-refractivity contribution is -0.127. The molecule has 1 saturated heterocycles. The van der Waals surface area contributed by atoms with Gasteiger partial charge in [-0.15, -0.1) is 0 Å². The fraction of sp³-hybridized carbons (Fsp3) is 0.462. The molecule has 8 nitrogen and oxygen atoms in total. The lowest BCUT2D eigenvalue weighted by atomic mass is 10.1. The molecule has 1 atom stereocenters. The average molecular weight is 288 g/mol. The fourth-order valence-electron chi connectivity index (χ4n) is 2.56. The van der Waals surface area contributed by atoms with Crippen LogP contribution < -0.4 is 5.32 Å². The summed E-state index contributed by atoms with van der Waals surface area (Å²) >= 11 is 0. The van der Waals surface area contributed by atoms with Gasteiger partial charge in [-0.05, 0) is 13.3 Å². The number of hydrogen-bond acceptors (Lipinski definition) is 5. The monoisotopic (exact) mass is 288 g/mol. The van der Waals surface area contributed by atoms with Crippen molar-refractivity contribution in [3.05, 3.63) is 23.8 Å². The van der Waals surface area contributed by atoms with E-state index in [2.05, 4.69) is 20.4 Å². The second kappa shape index (κ2) is 5.12. The summed E-state index contributed by atoms with van der Waals surface area (Å²) in [6.07, 6.45) is 3.55. The number of carbonyl (C=O) groups excluding carboxylic acids is 2. The third-order valence-electron chi connectivity index (χ3n) is 3.73. The second-order valence-electron chi connectivity index (χ2n) is 4.91. The van der Waals surface area contributed by atoms with E-state index in [4.69, 9.17) is 0 Å². The average Bonchev–Trinajstić information content (AvgIpc) is 2.96. The predicted molar refractivity (Wildman–Crippen MR) is 73.7 cm³/mol. The summed E-state index contributed by atoms with van der Waals surface area (Å²) in [6, 6.07) is -0.484. The molecule has 2 amide bonds. The molecule has 3 heterocycles. The molecule has 8 heteroatoms. The molecule has 1 N–H and O–H groups in total. The van der Waals surface area contributed by atoms with E-state index in [1.54, 1.807) is 16.3 Å². The Morgan fingerprint density at radius 2 is 2.29 bits per heavy atom.